The molecule has 4 nitrogen and oxygen atoms in total. The minimum Gasteiger partial charge on any atom is -0.350 e. The van der Waals surface area contributed by atoms with Crippen molar-refractivity contribution >= 4 is 29.1 Å². The number of hydrogen-bond acceptors (Lipinski definition) is 2. The number of carbonyl (C=O) groups excluding carboxylic acids is 2. The Morgan fingerprint density at radius 3 is 2.36 bits per heavy atom. The highest BCUT2D eigenvalue weighted by Crippen LogP contribution is 2.27. The summed E-state index contributed by atoms with van der Waals surface area (Å²) in [6.45, 7) is 6.46. The van der Waals surface area contributed by atoms with Crippen LogP contribution in [0.15, 0.2) is 48.5 Å². The summed E-state index contributed by atoms with van der Waals surface area (Å²) in [5.41, 5.74) is 2.42. The number of nitrogens with zero attached hydrogens (tertiary/aromatic N) is 1. The molecule has 0 atom stereocenters. The van der Waals surface area contributed by atoms with Gasteiger partial charge >= 0.3 is 0 Å². The largest absolute Gasteiger partial charge is 0.350 e. The molecule has 2 aromatic carbocycles. The van der Waals surface area contributed by atoms with E-state index in [1.807, 2.05) is 24.3 Å². The minimum absolute atomic E-state index is 0.0555. The van der Waals surface area contributed by atoms with Crippen molar-refractivity contribution in [1.29, 1.82) is 0 Å². The molecule has 0 aliphatic rings. The average Bonchev–Trinajstić information content (AvgIpc) is 2.58. The van der Waals surface area contributed by atoms with Crippen LogP contribution in [-0.2, 0) is 4.79 Å². The number of benzene rings is 2. The summed E-state index contributed by atoms with van der Waals surface area (Å²) >= 11 is 6.04. The molecule has 2 aromatic rings. The topological polar surface area (TPSA) is 49.4 Å². The normalized spacial score (nSPS) is 10.6. The van der Waals surface area contributed by atoms with Gasteiger partial charge in [0.25, 0.3) is 5.91 Å². The first-order valence-corrected chi connectivity index (χ1v) is 8.69. The highest BCUT2D eigenvalue weighted by molar-refractivity contribution is 6.33. The fourth-order valence-corrected chi connectivity index (χ4v) is 2.91. The van der Waals surface area contributed by atoms with E-state index in [4.69, 9.17) is 11.6 Å². The van der Waals surface area contributed by atoms with Crippen molar-refractivity contribution in [2.24, 2.45) is 0 Å². The molecule has 0 saturated carbocycles. The van der Waals surface area contributed by atoms with Crippen LogP contribution >= 0.6 is 11.6 Å². The Labute approximate surface area is 153 Å². The SMILES string of the molecule is CC(=O)N(CCNC(=O)c1ccccc1Cl)c1ccccc1C(C)C. The van der Waals surface area contributed by atoms with E-state index in [-0.39, 0.29) is 11.8 Å². The van der Waals surface area contributed by atoms with Crippen LogP contribution in [0.2, 0.25) is 5.02 Å². The van der Waals surface area contributed by atoms with Gasteiger partial charge in [-0.05, 0) is 29.7 Å². The molecule has 5 heteroatoms. The highest BCUT2D eigenvalue weighted by Gasteiger charge is 2.17. The third kappa shape index (κ3) is 4.83. The van der Waals surface area contributed by atoms with Gasteiger partial charge in [0, 0.05) is 25.7 Å². The van der Waals surface area contributed by atoms with E-state index < -0.39 is 0 Å². The average molecular weight is 359 g/mol. The fraction of sp³-hybridized carbons (Fsp3) is 0.300. The fourth-order valence-electron chi connectivity index (χ4n) is 2.69. The Bertz CT molecular complexity index is 759. The summed E-state index contributed by atoms with van der Waals surface area (Å²) < 4.78 is 0. The van der Waals surface area contributed by atoms with Crippen molar-refractivity contribution in [3.05, 3.63) is 64.7 Å². The molecule has 0 spiro atoms. The van der Waals surface area contributed by atoms with Gasteiger partial charge in [0.15, 0.2) is 0 Å². The Morgan fingerprint density at radius 2 is 1.72 bits per heavy atom. The van der Waals surface area contributed by atoms with Crippen molar-refractivity contribution in [3.8, 4) is 0 Å². The maximum absolute atomic E-state index is 12.2. The van der Waals surface area contributed by atoms with Gasteiger partial charge in [0.05, 0.1) is 10.6 Å². The number of anilines is 1. The molecule has 0 radical (unpaired) electrons. The van der Waals surface area contributed by atoms with Crippen LogP contribution in [0.1, 0.15) is 42.6 Å². The van der Waals surface area contributed by atoms with Crippen molar-refractivity contribution in [2.75, 3.05) is 18.0 Å². The zero-order chi connectivity index (χ0) is 18.4. The molecule has 1 N–H and O–H groups in total. The number of carbonyl (C=O) groups is 2. The maximum atomic E-state index is 12.2. The Balaban J connectivity index is 2.08. The first-order chi connectivity index (χ1) is 11.9. The molecule has 0 bridgehead atoms. The second-order valence-electron chi connectivity index (χ2n) is 6.12. The molecule has 0 unspecified atom stereocenters. The van der Waals surface area contributed by atoms with Crippen molar-refractivity contribution in [3.63, 3.8) is 0 Å². The van der Waals surface area contributed by atoms with Crippen LogP contribution in [-0.4, -0.2) is 24.9 Å². The summed E-state index contributed by atoms with van der Waals surface area (Å²) in [5.74, 6) is 0.00195. The number of nitrogens with one attached hydrogen (secondary N) is 1. The molecule has 132 valence electrons. The van der Waals surface area contributed by atoms with Gasteiger partial charge in [-0.3, -0.25) is 9.59 Å². The summed E-state index contributed by atoms with van der Waals surface area (Å²) in [6.07, 6.45) is 0. The van der Waals surface area contributed by atoms with E-state index in [2.05, 4.69) is 19.2 Å². The van der Waals surface area contributed by atoms with Gasteiger partial charge in [-0.15, -0.1) is 0 Å². The van der Waals surface area contributed by atoms with Gasteiger partial charge in [-0.1, -0.05) is 55.8 Å². The number of halogens is 1. The lowest BCUT2D eigenvalue weighted by Crippen LogP contribution is -2.38. The van der Waals surface area contributed by atoms with Crippen molar-refractivity contribution in [1.82, 2.24) is 5.32 Å². The summed E-state index contributed by atoms with van der Waals surface area (Å²) in [5, 5.41) is 3.24. The summed E-state index contributed by atoms with van der Waals surface area (Å²) in [7, 11) is 0. The van der Waals surface area contributed by atoms with E-state index in [1.54, 1.807) is 29.2 Å². The smallest absolute Gasteiger partial charge is 0.252 e. The van der Waals surface area contributed by atoms with E-state index in [1.165, 1.54) is 6.92 Å². The van der Waals surface area contributed by atoms with Crippen LogP contribution in [0.25, 0.3) is 0 Å². The van der Waals surface area contributed by atoms with Crippen LogP contribution in [0.3, 0.4) is 0 Å². The third-order valence-corrected chi connectivity index (χ3v) is 4.30. The quantitative estimate of drug-likeness (QED) is 0.839. The molecule has 0 aromatic heterocycles. The zero-order valence-corrected chi connectivity index (χ0v) is 15.5. The molecule has 0 heterocycles. The van der Waals surface area contributed by atoms with E-state index in [9.17, 15) is 9.59 Å². The zero-order valence-electron chi connectivity index (χ0n) is 14.8. The summed E-state index contributed by atoms with van der Waals surface area (Å²) in [4.78, 5) is 26.0. The predicted octanol–water partition coefficient (Wildman–Crippen LogP) is 4.25. The number of hydrogen-bond donors (Lipinski definition) is 1. The lowest BCUT2D eigenvalue weighted by Gasteiger charge is -2.25. The van der Waals surface area contributed by atoms with E-state index in [0.29, 0.717) is 29.6 Å². The Hall–Kier alpha value is -2.33. The van der Waals surface area contributed by atoms with E-state index >= 15 is 0 Å². The molecular formula is C20H23ClN2O2. The summed E-state index contributed by atoms with van der Waals surface area (Å²) in [6, 6.07) is 14.7. The number of para-hydroxylation sites is 1. The van der Waals surface area contributed by atoms with Gasteiger partial charge < -0.3 is 10.2 Å². The second kappa shape index (κ2) is 8.67. The van der Waals surface area contributed by atoms with Crippen LogP contribution in [0.5, 0.6) is 0 Å². The lowest BCUT2D eigenvalue weighted by molar-refractivity contribution is -0.116. The van der Waals surface area contributed by atoms with Gasteiger partial charge in [-0.2, -0.15) is 0 Å². The molecular weight excluding hydrogens is 336 g/mol. The van der Waals surface area contributed by atoms with Crippen molar-refractivity contribution in [2.45, 2.75) is 26.7 Å². The van der Waals surface area contributed by atoms with Gasteiger partial charge in [0.2, 0.25) is 5.91 Å². The van der Waals surface area contributed by atoms with Crippen LogP contribution in [0, 0.1) is 0 Å². The monoisotopic (exact) mass is 358 g/mol. The maximum Gasteiger partial charge on any atom is 0.252 e. The van der Waals surface area contributed by atoms with Gasteiger partial charge in [0.1, 0.15) is 0 Å². The lowest BCUT2D eigenvalue weighted by atomic mass is 10.0. The molecule has 2 rings (SSSR count). The molecule has 2 amide bonds. The second-order valence-corrected chi connectivity index (χ2v) is 6.53. The molecule has 0 aliphatic heterocycles. The molecule has 0 saturated heterocycles. The Morgan fingerprint density at radius 1 is 1.08 bits per heavy atom. The minimum atomic E-state index is -0.244. The molecule has 25 heavy (non-hydrogen) atoms. The van der Waals surface area contributed by atoms with Gasteiger partial charge in [-0.25, -0.2) is 0 Å². The van der Waals surface area contributed by atoms with Crippen LogP contribution in [0.4, 0.5) is 5.69 Å². The van der Waals surface area contributed by atoms with Crippen molar-refractivity contribution < 1.29 is 9.59 Å². The molecule has 0 fully saturated rings. The van der Waals surface area contributed by atoms with E-state index in [0.717, 1.165) is 11.3 Å². The predicted molar refractivity (Wildman–Crippen MR) is 102 cm³/mol. The third-order valence-electron chi connectivity index (χ3n) is 3.97. The first-order valence-electron chi connectivity index (χ1n) is 8.31. The number of amides is 2. The van der Waals surface area contributed by atoms with Crippen LogP contribution < -0.4 is 10.2 Å². The molecule has 0 aliphatic carbocycles. The number of rotatable bonds is 6. The standard InChI is InChI=1S/C20H23ClN2O2/c1-14(2)16-8-5-7-11-19(16)23(15(3)24)13-12-22-20(25)17-9-4-6-10-18(17)21/h4-11,14H,12-13H2,1-3H3,(H,22,25). The highest BCUT2D eigenvalue weighted by atomic mass is 35.5. The Kier molecular flexibility index (Phi) is 6.59. The first kappa shape index (κ1) is 19.0.